The van der Waals surface area contributed by atoms with Crippen molar-refractivity contribution >= 4 is 27.9 Å². The second-order valence-electron chi connectivity index (χ2n) is 7.37. The maximum atomic E-state index is 10.5. The first-order chi connectivity index (χ1) is 13.3. The number of pyridine rings is 1. The van der Waals surface area contributed by atoms with Crippen molar-refractivity contribution in [1.29, 1.82) is 0 Å². The Balaban J connectivity index is 1.38. The van der Waals surface area contributed by atoms with Gasteiger partial charge in [-0.1, -0.05) is 63.1 Å². The molecule has 0 fully saturated rings. The molecule has 1 aromatic carbocycles. The molecular weight excluding hydrogens is 336 g/mol. The largest absolute Gasteiger partial charge is 0.481 e. The number of aliphatic carboxylic acids is 1. The van der Waals surface area contributed by atoms with Crippen LogP contribution in [0.1, 0.15) is 64.2 Å². The van der Waals surface area contributed by atoms with Gasteiger partial charge in [-0.05, 0) is 31.0 Å². The third-order valence-electron chi connectivity index (χ3n) is 5.30. The zero-order valence-electron chi connectivity index (χ0n) is 16.1. The summed E-state index contributed by atoms with van der Waals surface area (Å²) >= 11 is 0. The van der Waals surface area contributed by atoms with Gasteiger partial charge < -0.3 is 9.67 Å². The van der Waals surface area contributed by atoms with Gasteiger partial charge in [0.1, 0.15) is 5.65 Å². The predicted octanol–water partition coefficient (Wildman–Crippen LogP) is 6.18. The van der Waals surface area contributed by atoms with Gasteiger partial charge in [-0.15, -0.1) is 0 Å². The summed E-state index contributed by atoms with van der Waals surface area (Å²) in [5, 5.41) is 11.2. The van der Waals surface area contributed by atoms with Crippen LogP contribution in [0.2, 0.25) is 0 Å². The van der Waals surface area contributed by atoms with Gasteiger partial charge in [0.2, 0.25) is 0 Å². The first-order valence-electron chi connectivity index (χ1n) is 10.3. The SMILES string of the molecule is O=C(O)CCCCCCCCCCCn1c2ccccc2c2cccnc21. The molecule has 144 valence electrons. The van der Waals surface area contributed by atoms with Crippen LogP contribution >= 0.6 is 0 Å². The molecule has 0 atom stereocenters. The van der Waals surface area contributed by atoms with Crippen LogP contribution in [0, 0.1) is 0 Å². The molecule has 0 radical (unpaired) electrons. The van der Waals surface area contributed by atoms with Crippen molar-refractivity contribution in [2.45, 2.75) is 70.8 Å². The van der Waals surface area contributed by atoms with Gasteiger partial charge in [0.05, 0.1) is 5.52 Å². The lowest BCUT2D eigenvalue weighted by Gasteiger charge is -2.07. The van der Waals surface area contributed by atoms with Crippen LogP contribution in [-0.2, 0) is 11.3 Å². The van der Waals surface area contributed by atoms with Crippen molar-refractivity contribution < 1.29 is 9.90 Å². The monoisotopic (exact) mass is 366 g/mol. The lowest BCUT2D eigenvalue weighted by atomic mass is 10.1. The Morgan fingerprint density at radius 3 is 2.19 bits per heavy atom. The molecule has 0 unspecified atom stereocenters. The van der Waals surface area contributed by atoms with Crippen LogP contribution in [0.15, 0.2) is 42.6 Å². The number of hydrogen-bond donors (Lipinski definition) is 1. The number of para-hydroxylation sites is 1. The van der Waals surface area contributed by atoms with Crippen LogP contribution < -0.4 is 0 Å². The maximum Gasteiger partial charge on any atom is 0.303 e. The smallest absolute Gasteiger partial charge is 0.303 e. The molecule has 4 nitrogen and oxygen atoms in total. The molecule has 27 heavy (non-hydrogen) atoms. The first-order valence-corrected chi connectivity index (χ1v) is 10.3. The number of fused-ring (bicyclic) bond motifs is 3. The fourth-order valence-electron chi connectivity index (χ4n) is 3.88. The van der Waals surface area contributed by atoms with Crippen LogP contribution in [-0.4, -0.2) is 20.6 Å². The Hall–Kier alpha value is -2.36. The number of carboxylic acids is 1. The summed E-state index contributed by atoms with van der Waals surface area (Å²) in [5.74, 6) is -0.673. The van der Waals surface area contributed by atoms with Crippen molar-refractivity contribution in [2.24, 2.45) is 0 Å². The number of nitrogens with zero attached hydrogens (tertiary/aromatic N) is 2. The summed E-state index contributed by atoms with van der Waals surface area (Å²) in [6, 6.07) is 12.8. The van der Waals surface area contributed by atoms with Crippen molar-refractivity contribution in [1.82, 2.24) is 9.55 Å². The van der Waals surface area contributed by atoms with E-state index < -0.39 is 5.97 Å². The number of unbranched alkanes of at least 4 members (excludes halogenated alkanes) is 8. The predicted molar refractivity (Wildman–Crippen MR) is 111 cm³/mol. The van der Waals surface area contributed by atoms with Gasteiger partial charge >= 0.3 is 5.97 Å². The molecule has 1 N–H and O–H groups in total. The second-order valence-corrected chi connectivity index (χ2v) is 7.37. The molecule has 0 bridgehead atoms. The summed E-state index contributed by atoms with van der Waals surface area (Å²) in [5.41, 5.74) is 2.38. The molecule has 0 aliphatic carbocycles. The van der Waals surface area contributed by atoms with Crippen LogP contribution in [0.5, 0.6) is 0 Å². The average molecular weight is 367 g/mol. The molecule has 0 aliphatic rings. The third kappa shape index (κ3) is 5.31. The highest BCUT2D eigenvalue weighted by Crippen LogP contribution is 2.27. The molecule has 2 heterocycles. The zero-order valence-corrected chi connectivity index (χ0v) is 16.1. The number of hydrogen-bond acceptors (Lipinski definition) is 2. The molecule has 4 heteroatoms. The van der Waals surface area contributed by atoms with E-state index >= 15 is 0 Å². The van der Waals surface area contributed by atoms with Crippen LogP contribution in [0.25, 0.3) is 21.9 Å². The number of carboxylic acid groups (broad SMARTS) is 1. The highest BCUT2D eigenvalue weighted by atomic mass is 16.4. The molecule has 0 saturated heterocycles. The highest BCUT2D eigenvalue weighted by Gasteiger charge is 2.10. The molecule has 0 saturated carbocycles. The minimum absolute atomic E-state index is 0.317. The summed E-state index contributed by atoms with van der Waals surface area (Å²) in [6.45, 7) is 1.02. The Morgan fingerprint density at radius 1 is 0.815 bits per heavy atom. The maximum absolute atomic E-state index is 10.5. The topological polar surface area (TPSA) is 55.1 Å². The minimum Gasteiger partial charge on any atom is -0.481 e. The number of aromatic nitrogens is 2. The van der Waals surface area contributed by atoms with E-state index in [9.17, 15) is 4.79 Å². The molecular formula is C23H30N2O2. The van der Waals surface area contributed by atoms with E-state index in [0.29, 0.717) is 6.42 Å². The zero-order chi connectivity index (χ0) is 18.9. The van der Waals surface area contributed by atoms with E-state index in [2.05, 4.69) is 39.9 Å². The number of rotatable bonds is 12. The van der Waals surface area contributed by atoms with Gasteiger partial charge in [-0.3, -0.25) is 4.79 Å². The fraction of sp³-hybridized carbons (Fsp3) is 0.478. The fourth-order valence-corrected chi connectivity index (χ4v) is 3.88. The minimum atomic E-state index is -0.673. The number of aryl methyl sites for hydroxylation is 1. The number of benzene rings is 1. The molecule has 3 aromatic rings. The summed E-state index contributed by atoms with van der Waals surface area (Å²) in [4.78, 5) is 15.1. The van der Waals surface area contributed by atoms with Gasteiger partial charge in [0.15, 0.2) is 0 Å². The third-order valence-corrected chi connectivity index (χ3v) is 5.30. The van der Waals surface area contributed by atoms with Crippen molar-refractivity contribution in [3.8, 4) is 0 Å². The van der Waals surface area contributed by atoms with Crippen molar-refractivity contribution in [3.05, 3.63) is 42.6 Å². The van der Waals surface area contributed by atoms with E-state index in [1.807, 2.05) is 12.3 Å². The molecule has 2 aromatic heterocycles. The Morgan fingerprint density at radius 2 is 1.44 bits per heavy atom. The van der Waals surface area contributed by atoms with Crippen LogP contribution in [0.3, 0.4) is 0 Å². The number of carbonyl (C=O) groups is 1. The molecule has 0 amide bonds. The van der Waals surface area contributed by atoms with E-state index in [-0.39, 0.29) is 0 Å². The van der Waals surface area contributed by atoms with Gasteiger partial charge in [-0.25, -0.2) is 4.98 Å². The second kappa shape index (κ2) is 10.1. The van der Waals surface area contributed by atoms with Gasteiger partial charge in [0.25, 0.3) is 0 Å². The normalized spacial score (nSPS) is 11.4. The lowest BCUT2D eigenvalue weighted by molar-refractivity contribution is -0.137. The summed E-state index contributed by atoms with van der Waals surface area (Å²) < 4.78 is 2.37. The van der Waals surface area contributed by atoms with Crippen molar-refractivity contribution in [3.63, 3.8) is 0 Å². The Bertz CT molecular complexity index is 816. The van der Waals surface area contributed by atoms with Crippen molar-refractivity contribution in [2.75, 3.05) is 0 Å². The van der Waals surface area contributed by atoms with Crippen LogP contribution in [0.4, 0.5) is 0 Å². The Labute approximate surface area is 161 Å². The highest BCUT2D eigenvalue weighted by molar-refractivity contribution is 6.06. The lowest BCUT2D eigenvalue weighted by Crippen LogP contribution is -1.99. The van der Waals surface area contributed by atoms with Gasteiger partial charge in [0, 0.05) is 29.9 Å². The quantitative estimate of drug-likeness (QED) is 0.390. The average Bonchev–Trinajstić information content (AvgIpc) is 3.00. The Kier molecular flexibility index (Phi) is 7.26. The molecule has 3 rings (SSSR count). The van der Waals surface area contributed by atoms with E-state index in [1.54, 1.807) is 0 Å². The standard InChI is InChI=1S/C23H30N2O2/c26-22(27)16-8-6-4-2-1-3-5-7-11-18-25-21-15-10-9-13-19(21)20-14-12-17-24-23(20)25/h9-10,12-15,17H,1-8,11,16,18H2,(H,26,27). The first kappa shape index (κ1) is 19.4. The molecule has 0 aliphatic heterocycles. The van der Waals surface area contributed by atoms with E-state index in [0.717, 1.165) is 25.0 Å². The molecule has 0 spiro atoms. The summed E-state index contributed by atoms with van der Waals surface area (Å²) in [6.07, 6.45) is 12.7. The van der Waals surface area contributed by atoms with E-state index in [1.165, 1.54) is 61.2 Å². The van der Waals surface area contributed by atoms with E-state index in [4.69, 9.17) is 5.11 Å². The summed E-state index contributed by atoms with van der Waals surface area (Å²) in [7, 11) is 0. The van der Waals surface area contributed by atoms with Gasteiger partial charge in [-0.2, -0.15) is 0 Å².